The summed E-state index contributed by atoms with van der Waals surface area (Å²) in [4.78, 5) is 7.55. The number of halogens is 3. The van der Waals surface area contributed by atoms with Crippen molar-refractivity contribution in [2.24, 2.45) is 0 Å². The number of hydrogen-bond acceptors (Lipinski definition) is 2. The third-order valence-corrected chi connectivity index (χ3v) is 1.62. The Labute approximate surface area is 73.9 Å². The van der Waals surface area contributed by atoms with Crippen molar-refractivity contribution in [2.45, 2.75) is 0 Å². The van der Waals surface area contributed by atoms with Crippen LogP contribution in [0.4, 0.5) is 0 Å². The van der Waals surface area contributed by atoms with Crippen LogP contribution >= 0.6 is 43.5 Å². The van der Waals surface area contributed by atoms with Crippen molar-refractivity contribution >= 4 is 43.5 Å². The van der Waals surface area contributed by atoms with Gasteiger partial charge in [-0.3, -0.25) is 0 Å². The maximum atomic E-state index is 5.47. The summed E-state index contributed by atoms with van der Waals surface area (Å²) in [6.45, 7) is 0. The Morgan fingerprint density at radius 3 is 2.00 bits per heavy atom. The summed E-state index contributed by atoms with van der Waals surface area (Å²) in [7, 11) is 0. The fraction of sp³-hybridized carbons (Fsp3) is 0. The van der Waals surface area contributed by atoms with Crippen LogP contribution < -0.4 is 0 Å². The van der Waals surface area contributed by atoms with Gasteiger partial charge in [-0.05, 0) is 43.5 Å². The smallest absolute Gasteiger partial charge is 0.211 e. The lowest BCUT2D eigenvalue weighted by Gasteiger charge is -1.90. The summed E-state index contributed by atoms with van der Waals surface area (Å²) in [6, 6.07) is 1.71. The first-order valence-corrected chi connectivity index (χ1v) is 4.00. The topological polar surface area (TPSA) is 25.8 Å². The SMILES string of the molecule is Clc1nc(Br)cc(Br)n1. The minimum absolute atomic E-state index is 0.233. The van der Waals surface area contributed by atoms with Gasteiger partial charge < -0.3 is 0 Å². The molecule has 0 aliphatic rings. The van der Waals surface area contributed by atoms with Gasteiger partial charge in [0.15, 0.2) is 0 Å². The molecule has 0 amide bonds. The molecule has 0 aliphatic heterocycles. The minimum atomic E-state index is 0.233. The third kappa shape index (κ3) is 2.20. The Morgan fingerprint density at radius 2 is 1.67 bits per heavy atom. The van der Waals surface area contributed by atoms with Gasteiger partial charge in [-0.1, -0.05) is 0 Å². The van der Waals surface area contributed by atoms with Crippen molar-refractivity contribution in [1.82, 2.24) is 9.97 Å². The first kappa shape index (κ1) is 7.44. The van der Waals surface area contributed by atoms with E-state index < -0.39 is 0 Å². The molecule has 5 heteroatoms. The molecule has 9 heavy (non-hydrogen) atoms. The summed E-state index contributed by atoms with van der Waals surface area (Å²) in [5.41, 5.74) is 0. The average molecular weight is 272 g/mol. The van der Waals surface area contributed by atoms with Crippen molar-refractivity contribution in [2.75, 3.05) is 0 Å². The van der Waals surface area contributed by atoms with Crippen molar-refractivity contribution in [1.29, 1.82) is 0 Å². The van der Waals surface area contributed by atoms with E-state index in [1.165, 1.54) is 0 Å². The van der Waals surface area contributed by atoms with Crippen molar-refractivity contribution in [3.05, 3.63) is 20.6 Å². The van der Waals surface area contributed by atoms with Gasteiger partial charge in [-0.2, -0.15) is 0 Å². The molecule has 0 radical (unpaired) electrons. The normalized spacial score (nSPS) is 9.67. The Balaban J connectivity index is 3.17. The predicted molar refractivity (Wildman–Crippen MR) is 42.4 cm³/mol. The van der Waals surface area contributed by atoms with E-state index in [-0.39, 0.29) is 5.28 Å². The summed E-state index contributed by atoms with van der Waals surface area (Å²) in [6.07, 6.45) is 0. The van der Waals surface area contributed by atoms with Gasteiger partial charge in [0.25, 0.3) is 0 Å². The molecule has 0 saturated carbocycles. The molecule has 1 aromatic heterocycles. The first-order chi connectivity index (χ1) is 4.18. The van der Waals surface area contributed by atoms with E-state index in [9.17, 15) is 0 Å². The quantitative estimate of drug-likeness (QED) is 0.536. The van der Waals surface area contributed by atoms with Gasteiger partial charge in [0.1, 0.15) is 9.21 Å². The monoisotopic (exact) mass is 270 g/mol. The molecule has 48 valence electrons. The second kappa shape index (κ2) is 2.94. The molecule has 1 heterocycles. The molecule has 0 N–H and O–H groups in total. The number of aromatic nitrogens is 2. The summed E-state index contributed by atoms with van der Waals surface area (Å²) in [5.74, 6) is 0. The van der Waals surface area contributed by atoms with E-state index in [1.54, 1.807) is 6.07 Å². The highest BCUT2D eigenvalue weighted by atomic mass is 79.9. The Kier molecular flexibility index (Phi) is 2.43. The van der Waals surface area contributed by atoms with Crippen LogP contribution in [0.15, 0.2) is 15.3 Å². The van der Waals surface area contributed by atoms with Crippen LogP contribution in [-0.4, -0.2) is 9.97 Å². The lowest BCUT2D eigenvalue weighted by Crippen LogP contribution is -1.82. The van der Waals surface area contributed by atoms with Crippen LogP contribution in [0.2, 0.25) is 5.28 Å². The van der Waals surface area contributed by atoms with Crippen molar-refractivity contribution in [3.63, 3.8) is 0 Å². The third-order valence-electron chi connectivity index (χ3n) is 0.636. The zero-order valence-corrected chi connectivity index (χ0v) is 8.03. The van der Waals surface area contributed by atoms with Gasteiger partial charge in [-0.15, -0.1) is 0 Å². The molecule has 0 saturated heterocycles. The number of hydrogen-bond donors (Lipinski definition) is 0. The maximum absolute atomic E-state index is 5.47. The molecule has 0 fully saturated rings. The van der Waals surface area contributed by atoms with Gasteiger partial charge in [-0.25, -0.2) is 9.97 Å². The average Bonchev–Trinajstić information content (AvgIpc) is 1.59. The molecule has 1 rings (SSSR count). The van der Waals surface area contributed by atoms with E-state index in [4.69, 9.17) is 11.6 Å². The molecule has 2 nitrogen and oxygen atoms in total. The van der Waals surface area contributed by atoms with E-state index >= 15 is 0 Å². The highest BCUT2D eigenvalue weighted by Gasteiger charge is 1.95. The molecular weight excluding hydrogens is 271 g/mol. The van der Waals surface area contributed by atoms with Crippen LogP contribution in [0.3, 0.4) is 0 Å². The predicted octanol–water partition coefficient (Wildman–Crippen LogP) is 2.66. The highest BCUT2D eigenvalue weighted by molar-refractivity contribution is 9.11. The van der Waals surface area contributed by atoms with E-state index in [0.717, 1.165) is 0 Å². The standard InChI is InChI=1S/C4HBr2ClN2/c5-2-1-3(6)9-4(7)8-2/h1H. The van der Waals surface area contributed by atoms with Crippen LogP contribution in [0.1, 0.15) is 0 Å². The van der Waals surface area contributed by atoms with Gasteiger partial charge in [0.05, 0.1) is 0 Å². The van der Waals surface area contributed by atoms with Gasteiger partial charge in [0, 0.05) is 6.07 Å². The zero-order valence-electron chi connectivity index (χ0n) is 4.11. The maximum Gasteiger partial charge on any atom is 0.224 e. The molecular formula is C4HBr2ClN2. The Bertz CT molecular complexity index is 177. The zero-order chi connectivity index (χ0) is 6.85. The minimum Gasteiger partial charge on any atom is -0.211 e. The Morgan fingerprint density at radius 1 is 1.22 bits per heavy atom. The van der Waals surface area contributed by atoms with Gasteiger partial charge in [0.2, 0.25) is 5.28 Å². The van der Waals surface area contributed by atoms with Crippen LogP contribution in [-0.2, 0) is 0 Å². The largest absolute Gasteiger partial charge is 0.224 e. The Hall–Kier alpha value is 0.330. The molecule has 0 bridgehead atoms. The molecule has 0 atom stereocenters. The summed E-state index contributed by atoms with van der Waals surface area (Å²) in [5, 5.41) is 0.233. The lowest BCUT2D eigenvalue weighted by molar-refractivity contribution is 1.11. The molecule has 0 unspecified atom stereocenters. The van der Waals surface area contributed by atoms with E-state index in [2.05, 4.69) is 41.8 Å². The fourth-order valence-corrected chi connectivity index (χ4v) is 1.83. The van der Waals surface area contributed by atoms with Gasteiger partial charge >= 0.3 is 0 Å². The summed E-state index contributed by atoms with van der Waals surface area (Å²) < 4.78 is 1.35. The second-order valence-electron chi connectivity index (χ2n) is 1.28. The van der Waals surface area contributed by atoms with Crippen LogP contribution in [0.5, 0.6) is 0 Å². The molecule has 0 aromatic carbocycles. The summed E-state index contributed by atoms with van der Waals surface area (Å²) >= 11 is 11.8. The molecule has 0 aliphatic carbocycles. The first-order valence-electron chi connectivity index (χ1n) is 2.04. The number of nitrogens with zero attached hydrogens (tertiary/aromatic N) is 2. The fourth-order valence-electron chi connectivity index (χ4n) is 0.364. The second-order valence-corrected chi connectivity index (χ2v) is 3.25. The molecule has 1 aromatic rings. The van der Waals surface area contributed by atoms with E-state index in [0.29, 0.717) is 9.21 Å². The highest BCUT2D eigenvalue weighted by Crippen LogP contribution is 2.14. The van der Waals surface area contributed by atoms with Crippen LogP contribution in [0.25, 0.3) is 0 Å². The van der Waals surface area contributed by atoms with E-state index in [1.807, 2.05) is 0 Å². The molecule has 0 spiro atoms. The van der Waals surface area contributed by atoms with Crippen LogP contribution in [0, 0.1) is 0 Å². The van der Waals surface area contributed by atoms with Crippen molar-refractivity contribution in [3.8, 4) is 0 Å². The lowest BCUT2D eigenvalue weighted by atomic mass is 10.7. The van der Waals surface area contributed by atoms with Crippen molar-refractivity contribution < 1.29 is 0 Å². The number of rotatable bonds is 0.